The molecule has 0 radical (unpaired) electrons. The summed E-state index contributed by atoms with van der Waals surface area (Å²) in [6.45, 7) is 1.72. The topological polar surface area (TPSA) is 64.0 Å². The molecular weight excluding hydrogens is 396 g/mol. The van der Waals surface area contributed by atoms with E-state index < -0.39 is 17.5 Å². The molecule has 0 saturated carbocycles. The number of thiophene rings is 1. The Labute approximate surface area is 168 Å². The molecule has 4 rings (SSSR count). The molecule has 0 fully saturated rings. The summed E-state index contributed by atoms with van der Waals surface area (Å²) in [7, 11) is 0. The van der Waals surface area contributed by atoms with Crippen LogP contribution in [0.5, 0.6) is 0 Å². The molecule has 0 aliphatic heterocycles. The Morgan fingerprint density at radius 3 is 2.59 bits per heavy atom. The number of hydrogen-bond donors (Lipinski definition) is 1. The molecule has 0 bridgehead atoms. The smallest absolute Gasteiger partial charge is 0.266 e. The highest BCUT2D eigenvalue weighted by atomic mass is 32.1. The minimum absolute atomic E-state index is 0.0425. The first-order valence-electron chi connectivity index (χ1n) is 8.73. The number of hydrogen-bond acceptors (Lipinski definition) is 4. The minimum Gasteiger partial charge on any atom is -0.321 e. The lowest BCUT2D eigenvalue weighted by Crippen LogP contribution is -2.21. The molecule has 2 aromatic heterocycles. The zero-order valence-corrected chi connectivity index (χ0v) is 16.1. The molecule has 146 valence electrons. The summed E-state index contributed by atoms with van der Waals surface area (Å²) in [6.07, 6.45) is 1.36. The van der Waals surface area contributed by atoms with Crippen molar-refractivity contribution in [3.8, 4) is 0 Å². The molecule has 1 amide bonds. The lowest BCUT2D eigenvalue weighted by molar-refractivity contribution is 0.103. The fraction of sp³-hybridized carbons (Fsp3) is 0.0952. The molecule has 5 nitrogen and oxygen atoms in total. The van der Waals surface area contributed by atoms with Gasteiger partial charge in [-0.1, -0.05) is 18.2 Å². The highest BCUT2D eigenvalue weighted by Crippen LogP contribution is 2.27. The van der Waals surface area contributed by atoms with Crippen molar-refractivity contribution in [3.05, 3.63) is 92.9 Å². The van der Waals surface area contributed by atoms with Gasteiger partial charge in [-0.2, -0.15) is 0 Å². The summed E-state index contributed by atoms with van der Waals surface area (Å²) in [6, 6.07) is 11.6. The first-order valence-corrected chi connectivity index (χ1v) is 9.54. The van der Waals surface area contributed by atoms with Crippen molar-refractivity contribution >= 4 is 33.1 Å². The van der Waals surface area contributed by atoms with Gasteiger partial charge in [0.2, 0.25) is 0 Å². The maximum atomic E-state index is 13.9. The van der Waals surface area contributed by atoms with Crippen molar-refractivity contribution in [2.45, 2.75) is 13.5 Å². The average Bonchev–Trinajstić information content (AvgIpc) is 3.05. The van der Waals surface area contributed by atoms with Crippen LogP contribution >= 0.6 is 11.3 Å². The number of nitrogens with zero attached hydrogens (tertiary/aromatic N) is 2. The molecule has 0 atom stereocenters. The van der Waals surface area contributed by atoms with Gasteiger partial charge >= 0.3 is 0 Å². The molecule has 1 N–H and O–H groups in total. The summed E-state index contributed by atoms with van der Waals surface area (Å²) >= 11 is 1.10. The Hall–Kier alpha value is -3.39. The van der Waals surface area contributed by atoms with Gasteiger partial charge in [-0.3, -0.25) is 14.2 Å². The van der Waals surface area contributed by atoms with Crippen LogP contribution in [0.1, 0.15) is 20.8 Å². The number of aryl methyl sites for hydroxylation is 1. The molecule has 0 unspecified atom stereocenters. The first-order chi connectivity index (χ1) is 13.9. The lowest BCUT2D eigenvalue weighted by atomic mass is 10.2. The van der Waals surface area contributed by atoms with E-state index in [4.69, 9.17) is 0 Å². The molecule has 4 aromatic rings. The predicted molar refractivity (Wildman–Crippen MR) is 108 cm³/mol. The largest absolute Gasteiger partial charge is 0.321 e. The maximum absolute atomic E-state index is 13.9. The Morgan fingerprint density at radius 1 is 1.14 bits per heavy atom. The van der Waals surface area contributed by atoms with E-state index in [1.807, 2.05) is 0 Å². The van der Waals surface area contributed by atoms with E-state index >= 15 is 0 Å². The zero-order chi connectivity index (χ0) is 20.5. The van der Waals surface area contributed by atoms with Crippen LogP contribution in [0.25, 0.3) is 10.2 Å². The Morgan fingerprint density at radius 2 is 1.86 bits per heavy atom. The second kappa shape index (κ2) is 7.56. The van der Waals surface area contributed by atoms with Gasteiger partial charge < -0.3 is 5.32 Å². The van der Waals surface area contributed by atoms with Crippen molar-refractivity contribution in [1.29, 1.82) is 0 Å². The van der Waals surface area contributed by atoms with E-state index in [0.29, 0.717) is 31.9 Å². The zero-order valence-electron chi connectivity index (χ0n) is 15.3. The Bertz CT molecular complexity index is 1280. The minimum atomic E-state index is -0.405. The molecule has 0 spiro atoms. The quantitative estimate of drug-likeness (QED) is 0.543. The number of aromatic nitrogens is 2. The van der Waals surface area contributed by atoms with Crippen LogP contribution in [0.4, 0.5) is 14.5 Å². The van der Waals surface area contributed by atoms with Gasteiger partial charge in [0.15, 0.2) is 0 Å². The van der Waals surface area contributed by atoms with Crippen LogP contribution in [0.15, 0.2) is 59.7 Å². The third-order valence-corrected chi connectivity index (χ3v) is 5.72. The molecule has 0 saturated heterocycles. The van der Waals surface area contributed by atoms with E-state index in [-0.39, 0.29) is 12.1 Å². The average molecular weight is 411 g/mol. The van der Waals surface area contributed by atoms with Crippen LogP contribution in [0.2, 0.25) is 0 Å². The van der Waals surface area contributed by atoms with E-state index in [1.54, 1.807) is 25.1 Å². The van der Waals surface area contributed by atoms with E-state index in [0.717, 1.165) is 11.3 Å². The number of carbonyl (C=O) groups is 1. The molecule has 0 aliphatic carbocycles. The number of carbonyl (C=O) groups excluding carboxylic acids is 1. The Balaban J connectivity index is 1.69. The van der Waals surface area contributed by atoms with Crippen molar-refractivity contribution in [2.75, 3.05) is 5.32 Å². The number of rotatable bonds is 4. The number of amides is 1. The van der Waals surface area contributed by atoms with Gasteiger partial charge in [-0.05, 0) is 42.8 Å². The summed E-state index contributed by atoms with van der Waals surface area (Å²) in [5.74, 6) is -1.21. The summed E-state index contributed by atoms with van der Waals surface area (Å²) < 4.78 is 28.3. The van der Waals surface area contributed by atoms with Crippen LogP contribution < -0.4 is 10.9 Å². The third-order valence-electron chi connectivity index (χ3n) is 4.52. The molecule has 2 aromatic carbocycles. The summed E-state index contributed by atoms with van der Waals surface area (Å²) in [5, 5.41) is 3.02. The van der Waals surface area contributed by atoms with Crippen LogP contribution in [-0.4, -0.2) is 15.5 Å². The van der Waals surface area contributed by atoms with Gasteiger partial charge in [0.05, 0.1) is 23.1 Å². The van der Waals surface area contributed by atoms with Crippen molar-refractivity contribution < 1.29 is 13.6 Å². The predicted octanol–water partition coefficient (Wildman–Crippen LogP) is 4.35. The van der Waals surface area contributed by atoms with Crippen LogP contribution in [0, 0.1) is 18.6 Å². The molecule has 29 heavy (non-hydrogen) atoms. The fourth-order valence-electron chi connectivity index (χ4n) is 3.02. The highest BCUT2D eigenvalue weighted by Gasteiger charge is 2.20. The molecule has 2 heterocycles. The van der Waals surface area contributed by atoms with Gasteiger partial charge in [0.25, 0.3) is 11.5 Å². The number of nitrogens with one attached hydrogen (secondary N) is 1. The molecule has 0 aliphatic rings. The molecule has 8 heteroatoms. The highest BCUT2D eigenvalue weighted by molar-refractivity contribution is 7.20. The number of benzene rings is 2. The first kappa shape index (κ1) is 18.9. The van der Waals surface area contributed by atoms with E-state index in [2.05, 4.69) is 10.3 Å². The Kier molecular flexibility index (Phi) is 4.94. The molecular formula is C21H15F2N3O2S. The van der Waals surface area contributed by atoms with Crippen molar-refractivity contribution in [1.82, 2.24) is 9.55 Å². The number of anilines is 1. The number of halogens is 2. The normalized spacial score (nSPS) is 11.0. The summed E-state index contributed by atoms with van der Waals surface area (Å²) in [5.41, 5.74) is 0.980. The van der Waals surface area contributed by atoms with Crippen LogP contribution in [-0.2, 0) is 6.54 Å². The van der Waals surface area contributed by atoms with Gasteiger partial charge in [0, 0.05) is 11.3 Å². The maximum Gasteiger partial charge on any atom is 0.266 e. The van der Waals surface area contributed by atoms with Crippen LogP contribution in [0.3, 0.4) is 0 Å². The lowest BCUT2D eigenvalue weighted by Gasteiger charge is -2.06. The SMILES string of the molecule is Cc1c(C(=O)Nc2ccc(F)cc2)sc2ncn(Cc3ccccc3F)c(=O)c12. The van der Waals surface area contributed by atoms with Crippen molar-refractivity contribution in [3.63, 3.8) is 0 Å². The van der Waals surface area contributed by atoms with Gasteiger partial charge in [-0.15, -0.1) is 11.3 Å². The standard InChI is InChI=1S/C21H15F2N3O2S/c1-12-17-20(29-18(12)19(27)25-15-8-6-14(22)7-9-15)24-11-26(21(17)28)10-13-4-2-3-5-16(13)23/h2-9,11H,10H2,1H3,(H,25,27). The van der Waals surface area contributed by atoms with Gasteiger partial charge in [0.1, 0.15) is 16.5 Å². The summed E-state index contributed by atoms with van der Waals surface area (Å²) in [4.78, 5) is 30.6. The fourth-order valence-corrected chi connectivity index (χ4v) is 4.05. The third kappa shape index (κ3) is 3.66. The van der Waals surface area contributed by atoms with Crippen molar-refractivity contribution in [2.24, 2.45) is 0 Å². The second-order valence-electron chi connectivity index (χ2n) is 6.47. The second-order valence-corrected chi connectivity index (χ2v) is 7.47. The van der Waals surface area contributed by atoms with Gasteiger partial charge in [-0.25, -0.2) is 13.8 Å². The monoisotopic (exact) mass is 411 g/mol. The van der Waals surface area contributed by atoms with E-state index in [9.17, 15) is 18.4 Å². The number of fused-ring (bicyclic) bond motifs is 1. The van der Waals surface area contributed by atoms with E-state index in [1.165, 1.54) is 41.2 Å².